The van der Waals surface area contributed by atoms with Crippen LogP contribution >= 0.6 is 0 Å². The van der Waals surface area contributed by atoms with Gasteiger partial charge in [-0.3, -0.25) is 4.79 Å². The standard InChI is InChI=1S/C22H28N2O3/c1-5-18(23)20(25)24(21(26)27-22(2,3)4)19(16-12-8-6-9-13-16)17-14-10-7-11-15-17/h6-15,18-19H,5,23H2,1-4H3/t18-/m0/s1. The highest BCUT2D eigenvalue weighted by Crippen LogP contribution is 2.31. The number of hydrogen-bond donors (Lipinski definition) is 1. The predicted octanol–water partition coefficient (Wildman–Crippen LogP) is 4.28. The van der Waals surface area contributed by atoms with E-state index < -0.39 is 29.7 Å². The lowest BCUT2D eigenvalue weighted by atomic mass is 9.96. The molecule has 0 fully saturated rings. The van der Waals surface area contributed by atoms with E-state index in [1.165, 1.54) is 0 Å². The number of carbonyl (C=O) groups excluding carboxylic acids is 2. The van der Waals surface area contributed by atoms with Crippen LogP contribution in [0.5, 0.6) is 0 Å². The number of nitrogens with two attached hydrogens (primary N) is 1. The molecule has 0 aliphatic carbocycles. The van der Waals surface area contributed by atoms with Gasteiger partial charge in [0.05, 0.1) is 12.1 Å². The molecule has 2 aromatic rings. The van der Waals surface area contributed by atoms with Gasteiger partial charge in [-0.15, -0.1) is 0 Å². The molecule has 0 saturated heterocycles. The lowest BCUT2D eigenvalue weighted by Crippen LogP contribution is -2.50. The van der Waals surface area contributed by atoms with Crippen molar-refractivity contribution in [2.24, 2.45) is 5.73 Å². The second-order valence-electron chi connectivity index (χ2n) is 7.43. The van der Waals surface area contributed by atoms with Gasteiger partial charge in [-0.25, -0.2) is 9.69 Å². The number of benzene rings is 2. The van der Waals surface area contributed by atoms with Gasteiger partial charge in [-0.1, -0.05) is 67.6 Å². The Balaban J connectivity index is 2.59. The second kappa shape index (κ2) is 8.82. The molecule has 27 heavy (non-hydrogen) atoms. The Bertz CT molecular complexity index is 715. The minimum atomic E-state index is -0.785. The highest BCUT2D eigenvalue weighted by Gasteiger charge is 2.37. The van der Waals surface area contributed by atoms with Crippen molar-refractivity contribution in [3.8, 4) is 0 Å². The third-order valence-electron chi connectivity index (χ3n) is 4.07. The van der Waals surface area contributed by atoms with E-state index in [1.54, 1.807) is 20.8 Å². The third kappa shape index (κ3) is 5.41. The van der Waals surface area contributed by atoms with Crippen LogP contribution in [0, 0.1) is 0 Å². The first-order chi connectivity index (χ1) is 12.7. The summed E-state index contributed by atoms with van der Waals surface area (Å²) >= 11 is 0. The summed E-state index contributed by atoms with van der Waals surface area (Å²) in [5.41, 5.74) is 6.90. The van der Waals surface area contributed by atoms with E-state index in [0.29, 0.717) is 6.42 Å². The maximum atomic E-state index is 13.1. The van der Waals surface area contributed by atoms with Gasteiger partial charge < -0.3 is 10.5 Å². The van der Waals surface area contributed by atoms with Gasteiger partial charge >= 0.3 is 6.09 Å². The molecule has 0 unspecified atom stereocenters. The Morgan fingerprint density at radius 3 is 1.78 bits per heavy atom. The Hall–Kier alpha value is -2.66. The molecular formula is C22H28N2O3. The first kappa shape index (κ1) is 20.6. The van der Waals surface area contributed by atoms with Crippen molar-refractivity contribution < 1.29 is 14.3 Å². The van der Waals surface area contributed by atoms with Crippen molar-refractivity contribution in [3.63, 3.8) is 0 Å². The Kier molecular flexibility index (Phi) is 6.75. The van der Waals surface area contributed by atoms with Crippen LogP contribution in [0.4, 0.5) is 4.79 Å². The smallest absolute Gasteiger partial charge is 0.417 e. The topological polar surface area (TPSA) is 72.6 Å². The fourth-order valence-corrected chi connectivity index (χ4v) is 2.75. The first-order valence-electron chi connectivity index (χ1n) is 9.16. The quantitative estimate of drug-likeness (QED) is 0.855. The zero-order valence-electron chi connectivity index (χ0n) is 16.4. The lowest BCUT2D eigenvalue weighted by molar-refractivity contribution is -0.133. The number of carbonyl (C=O) groups is 2. The van der Waals surface area contributed by atoms with E-state index in [9.17, 15) is 9.59 Å². The fourth-order valence-electron chi connectivity index (χ4n) is 2.75. The van der Waals surface area contributed by atoms with Crippen LogP contribution in [0.25, 0.3) is 0 Å². The highest BCUT2D eigenvalue weighted by molar-refractivity contribution is 5.96. The van der Waals surface area contributed by atoms with Crippen molar-refractivity contribution >= 4 is 12.0 Å². The molecule has 5 nitrogen and oxygen atoms in total. The van der Waals surface area contributed by atoms with Crippen LogP contribution < -0.4 is 5.73 Å². The molecule has 2 amide bonds. The number of imide groups is 1. The molecule has 5 heteroatoms. The molecule has 2 rings (SSSR count). The number of rotatable bonds is 5. The maximum Gasteiger partial charge on any atom is 0.417 e. The third-order valence-corrected chi connectivity index (χ3v) is 4.07. The van der Waals surface area contributed by atoms with Crippen molar-refractivity contribution in [1.29, 1.82) is 0 Å². The van der Waals surface area contributed by atoms with Crippen LogP contribution in [0.15, 0.2) is 60.7 Å². The zero-order chi connectivity index (χ0) is 20.0. The van der Waals surface area contributed by atoms with Gasteiger partial charge in [-0.2, -0.15) is 0 Å². The minimum Gasteiger partial charge on any atom is -0.443 e. The van der Waals surface area contributed by atoms with E-state index in [2.05, 4.69) is 0 Å². The molecule has 0 radical (unpaired) electrons. The fraction of sp³-hybridized carbons (Fsp3) is 0.364. The molecule has 2 aromatic carbocycles. The van der Waals surface area contributed by atoms with Crippen LogP contribution in [-0.2, 0) is 9.53 Å². The van der Waals surface area contributed by atoms with Crippen LogP contribution in [0.2, 0.25) is 0 Å². The van der Waals surface area contributed by atoms with Crippen LogP contribution in [0.1, 0.15) is 51.3 Å². The Labute approximate surface area is 161 Å². The van der Waals surface area contributed by atoms with Crippen molar-refractivity contribution in [2.45, 2.75) is 51.8 Å². The molecule has 0 aromatic heterocycles. The van der Waals surface area contributed by atoms with E-state index in [0.717, 1.165) is 16.0 Å². The van der Waals surface area contributed by atoms with Gasteiger partial charge in [0.2, 0.25) is 5.91 Å². The summed E-state index contributed by atoms with van der Waals surface area (Å²) in [7, 11) is 0. The maximum absolute atomic E-state index is 13.1. The minimum absolute atomic E-state index is 0.425. The second-order valence-corrected chi connectivity index (χ2v) is 7.43. The van der Waals surface area contributed by atoms with Crippen molar-refractivity contribution in [2.75, 3.05) is 0 Å². The molecular weight excluding hydrogens is 340 g/mol. The predicted molar refractivity (Wildman–Crippen MR) is 106 cm³/mol. The molecule has 0 spiro atoms. The van der Waals surface area contributed by atoms with Crippen molar-refractivity contribution in [3.05, 3.63) is 71.8 Å². The number of amides is 2. The monoisotopic (exact) mass is 368 g/mol. The molecule has 2 N–H and O–H groups in total. The summed E-state index contributed by atoms with van der Waals surface area (Å²) in [6, 6.07) is 17.4. The summed E-state index contributed by atoms with van der Waals surface area (Å²) in [5, 5.41) is 0. The lowest BCUT2D eigenvalue weighted by Gasteiger charge is -2.34. The average Bonchev–Trinajstić information content (AvgIpc) is 2.64. The average molecular weight is 368 g/mol. The van der Waals surface area contributed by atoms with Crippen LogP contribution in [0.3, 0.4) is 0 Å². The molecule has 144 valence electrons. The van der Waals surface area contributed by atoms with Crippen LogP contribution in [-0.4, -0.2) is 28.5 Å². The van der Waals surface area contributed by atoms with Gasteiger partial charge in [0.15, 0.2) is 0 Å². The molecule has 0 bridgehead atoms. The van der Waals surface area contributed by atoms with Crippen molar-refractivity contribution in [1.82, 2.24) is 4.90 Å². The molecule has 0 aliphatic heterocycles. The van der Waals surface area contributed by atoms with E-state index >= 15 is 0 Å². The van der Waals surface area contributed by atoms with Gasteiger partial charge in [0.1, 0.15) is 5.60 Å². The normalized spacial score (nSPS) is 12.5. The first-order valence-corrected chi connectivity index (χ1v) is 9.16. The van der Waals surface area contributed by atoms with Gasteiger partial charge in [0, 0.05) is 0 Å². The zero-order valence-corrected chi connectivity index (χ0v) is 16.4. The molecule has 0 heterocycles. The number of hydrogen-bond acceptors (Lipinski definition) is 4. The number of nitrogens with zero attached hydrogens (tertiary/aromatic N) is 1. The van der Waals surface area contributed by atoms with E-state index in [1.807, 2.05) is 67.6 Å². The SMILES string of the molecule is CC[C@H](N)C(=O)N(C(=O)OC(C)(C)C)C(c1ccccc1)c1ccccc1. The number of ether oxygens (including phenoxy) is 1. The largest absolute Gasteiger partial charge is 0.443 e. The van der Waals surface area contributed by atoms with E-state index in [-0.39, 0.29) is 0 Å². The highest BCUT2D eigenvalue weighted by atomic mass is 16.6. The molecule has 1 atom stereocenters. The summed E-state index contributed by atoms with van der Waals surface area (Å²) in [6.07, 6.45) is -0.275. The summed E-state index contributed by atoms with van der Waals surface area (Å²) in [5.74, 6) is -0.454. The summed E-state index contributed by atoms with van der Waals surface area (Å²) < 4.78 is 5.55. The molecule has 0 saturated carbocycles. The summed E-state index contributed by atoms with van der Waals surface area (Å²) in [6.45, 7) is 7.13. The van der Waals surface area contributed by atoms with Gasteiger partial charge in [0.25, 0.3) is 0 Å². The Morgan fingerprint density at radius 2 is 1.41 bits per heavy atom. The Morgan fingerprint density at radius 1 is 0.963 bits per heavy atom. The summed E-state index contributed by atoms with van der Waals surface area (Å²) in [4.78, 5) is 27.3. The van der Waals surface area contributed by atoms with E-state index in [4.69, 9.17) is 10.5 Å². The van der Waals surface area contributed by atoms with Gasteiger partial charge in [-0.05, 0) is 38.3 Å². The molecule has 0 aliphatic rings.